The van der Waals surface area contributed by atoms with E-state index in [1.807, 2.05) is 13.0 Å². The number of hydrogen-bond donors (Lipinski definition) is 1. The lowest BCUT2D eigenvalue weighted by Crippen LogP contribution is -2.36. The largest absolute Gasteiger partial charge is 0.508 e. The van der Waals surface area contributed by atoms with Crippen LogP contribution in [0, 0.1) is 11.8 Å². The van der Waals surface area contributed by atoms with Gasteiger partial charge in [0.2, 0.25) is 0 Å². The highest BCUT2D eigenvalue weighted by atomic mass is 16.5. The quantitative estimate of drug-likeness (QED) is 0.871. The van der Waals surface area contributed by atoms with E-state index in [9.17, 15) is 14.7 Å². The Bertz CT molecular complexity index is 583. The molecule has 0 aromatic heterocycles. The smallest absolute Gasteiger partial charge is 0.148 e. The predicted octanol–water partition coefficient (Wildman–Crippen LogP) is 3.01. The fourth-order valence-corrected chi connectivity index (χ4v) is 4.04. The van der Waals surface area contributed by atoms with Gasteiger partial charge in [-0.05, 0) is 54.4 Å². The molecule has 0 unspecified atom stereocenters. The standard InChI is InChI=1S/C19H24O4/c1-2-12-3-4-15(20)11-16(12)19-17(21)9-14(10-18(19)22)13-5-7-23-8-6-13/h3-4,11,13-14,19-20H,2,5-10H2,1H3. The fourth-order valence-electron chi connectivity index (χ4n) is 4.04. The zero-order valence-electron chi connectivity index (χ0n) is 13.6. The van der Waals surface area contributed by atoms with E-state index in [0.717, 1.165) is 38.0 Å². The molecule has 0 atom stereocenters. The number of carbonyl (C=O) groups is 2. The molecule has 1 aromatic carbocycles. The summed E-state index contributed by atoms with van der Waals surface area (Å²) in [7, 11) is 0. The average Bonchev–Trinajstić information content (AvgIpc) is 2.55. The number of phenolic OH excluding ortho intramolecular Hbond substituents is 1. The number of Topliss-reactive ketones (excluding diaryl/α,β-unsaturated/α-hetero) is 2. The van der Waals surface area contributed by atoms with Crippen molar-refractivity contribution < 1.29 is 19.4 Å². The van der Waals surface area contributed by atoms with Crippen LogP contribution < -0.4 is 0 Å². The van der Waals surface area contributed by atoms with Gasteiger partial charge in [0.05, 0.1) is 0 Å². The van der Waals surface area contributed by atoms with Crippen molar-refractivity contribution in [1.29, 1.82) is 0 Å². The normalized spacial score (nSPS) is 26.5. The number of phenols is 1. The second-order valence-electron chi connectivity index (χ2n) is 6.72. The molecular formula is C19H24O4. The summed E-state index contributed by atoms with van der Waals surface area (Å²) in [6.45, 7) is 3.47. The van der Waals surface area contributed by atoms with E-state index in [2.05, 4.69) is 0 Å². The minimum atomic E-state index is -0.687. The van der Waals surface area contributed by atoms with Gasteiger partial charge in [0.1, 0.15) is 23.2 Å². The highest BCUT2D eigenvalue weighted by Gasteiger charge is 2.40. The first kappa shape index (κ1) is 16.2. The summed E-state index contributed by atoms with van der Waals surface area (Å²) in [5.74, 6) is 0.0403. The molecule has 1 saturated heterocycles. The Labute approximate surface area is 136 Å². The predicted molar refractivity (Wildman–Crippen MR) is 86.5 cm³/mol. The molecule has 1 aromatic rings. The van der Waals surface area contributed by atoms with Crippen molar-refractivity contribution in [3.8, 4) is 5.75 Å². The summed E-state index contributed by atoms with van der Waals surface area (Å²) in [6, 6.07) is 5.02. The van der Waals surface area contributed by atoms with Gasteiger partial charge in [0.25, 0.3) is 0 Å². The molecule has 23 heavy (non-hydrogen) atoms. The maximum absolute atomic E-state index is 12.7. The van der Waals surface area contributed by atoms with Gasteiger partial charge in [0, 0.05) is 26.1 Å². The van der Waals surface area contributed by atoms with Gasteiger partial charge < -0.3 is 9.84 Å². The van der Waals surface area contributed by atoms with E-state index in [1.54, 1.807) is 12.1 Å². The average molecular weight is 316 g/mol. The zero-order valence-corrected chi connectivity index (χ0v) is 13.6. The first-order valence-corrected chi connectivity index (χ1v) is 8.55. The van der Waals surface area contributed by atoms with Crippen LogP contribution in [0.5, 0.6) is 5.75 Å². The summed E-state index contributed by atoms with van der Waals surface area (Å²) >= 11 is 0. The number of ether oxygens (including phenoxy) is 1. The summed E-state index contributed by atoms with van der Waals surface area (Å²) in [6.07, 6.45) is 3.58. The van der Waals surface area contributed by atoms with Crippen LogP contribution in [0.2, 0.25) is 0 Å². The van der Waals surface area contributed by atoms with Crippen LogP contribution in [0.4, 0.5) is 0 Å². The van der Waals surface area contributed by atoms with Crippen LogP contribution in [-0.4, -0.2) is 29.9 Å². The number of ketones is 2. The van der Waals surface area contributed by atoms with Crippen molar-refractivity contribution in [2.24, 2.45) is 11.8 Å². The third-order valence-electron chi connectivity index (χ3n) is 5.32. The molecule has 4 heteroatoms. The highest BCUT2D eigenvalue weighted by Crippen LogP contribution is 2.39. The lowest BCUT2D eigenvalue weighted by atomic mass is 9.70. The number of aryl methyl sites for hydroxylation is 1. The second kappa shape index (κ2) is 6.83. The SMILES string of the molecule is CCc1ccc(O)cc1C1C(=O)CC(C2CCOCC2)CC1=O. The van der Waals surface area contributed by atoms with Gasteiger partial charge >= 0.3 is 0 Å². The number of benzene rings is 1. The van der Waals surface area contributed by atoms with Crippen LogP contribution in [0.15, 0.2) is 18.2 Å². The van der Waals surface area contributed by atoms with Gasteiger partial charge in [-0.15, -0.1) is 0 Å². The van der Waals surface area contributed by atoms with Crippen molar-refractivity contribution >= 4 is 11.6 Å². The maximum atomic E-state index is 12.7. The van der Waals surface area contributed by atoms with Crippen molar-refractivity contribution in [2.45, 2.75) is 44.9 Å². The van der Waals surface area contributed by atoms with Gasteiger partial charge in [-0.1, -0.05) is 13.0 Å². The molecule has 3 rings (SSSR count). The molecule has 124 valence electrons. The van der Waals surface area contributed by atoms with Gasteiger partial charge in [-0.25, -0.2) is 0 Å². The maximum Gasteiger partial charge on any atom is 0.148 e. The molecule has 0 spiro atoms. The molecule has 4 nitrogen and oxygen atoms in total. The lowest BCUT2D eigenvalue weighted by molar-refractivity contribution is -0.135. The van der Waals surface area contributed by atoms with Crippen LogP contribution in [-0.2, 0) is 20.7 Å². The summed E-state index contributed by atoms with van der Waals surface area (Å²) < 4.78 is 5.38. The van der Waals surface area contributed by atoms with Gasteiger partial charge in [-0.3, -0.25) is 9.59 Å². The van der Waals surface area contributed by atoms with Crippen molar-refractivity contribution in [1.82, 2.24) is 0 Å². The Balaban J connectivity index is 1.82. The topological polar surface area (TPSA) is 63.6 Å². The van der Waals surface area contributed by atoms with Crippen molar-refractivity contribution in [2.75, 3.05) is 13.2 Å². The number of carbonyl (C=O) groups excluding carboxylic acids is 2. The fraction of sp³-hybridized carbons (Fsp3) is 0.579. The van der Waals surface area contributed by atoms with Crippen molar-refractivity contribution in [3.05, 3.63) is 29.3 Å². The molecule has 1 aliphatic carbocycles. The van der Waals surface area contributed by atoms with Gasteiger partial charge in [-0.2, -0.15) is 0 Å². The summed E-state index contributed by atoms with van der Waals surface area (Å²) in [5, 5.41) is 9.76. The van der Waals surface area contributed by atoms with Crippen LogP contribution >= 0.6 is 0 Å². The Morgan fingerprint density at radius 2 is 1.74 bits per heavy atom. The molecule has 0 radical (unpaired) electrons. The van der Waals surface area contributed by atoms with E-state index in [4.69, 9.17) is 4.74 Å². The third kappa shape index (κ3) is 3.32. The molecule has 0 bridgehead atoms. The molecular weight excluding hydrogens is 292 g/mol. The van der Waals surface area contributed by atoms with Gasteiger partial charge in [0.15, 0.2) is 0 Å². The minimum absolute atomic E-state index is 0.0121. The van der Waals surface area contributed by atoms with E-state index < -0.39 is 5.92 Å². The molecule has 0 amide bonds. The second-order valence-corrected chi connectivity index (χ2v) is 6.72. The van der Waals surface area contributed by atoms with E-state index >= 15 is 0 Å². The molecule has 1 heterocycles. The van der Waals surface area contributed by atoms with E-state index in [-0.39, 0.29) is 23.2 Å². The molecule has 2 fully saturated rings. The first-order valence-electron chi connectivity index (χ1n) is 8.55. The van der Waals surface area contributed by atoms with Crippen LogP contribution in [0.25, 0.3) is 0 Å². The Morgan fingerprint density at radius 1 is 1.09 bits per heavy atom. The number of rotatable bonds is 3. The van der Waals surface area contributed by atoms with Crippen molar-refractivity contribution in [3.63, 3.8) is 0 Å². The molecule has 1 aliphatic heterocycles. The van der Waals surface area contributed by atoms with Crippen LogP contribution in [0.1, 0.15) is 49.7 Å². The Morgan fingerprint density at radius 3 is 2.35 bits per heavy atom. The zero-order chi connectivity index (χ0) is 16.4. The number of aromatic hydroxyl groups is 1. The summed E-state index contributed by atoms with van der Waals surface area (Å²) in [5.41, 5.74) is 1.67. The van der Waals surface area contributed by atoms with E-state index in [0.29, 0.717) is 24.3 Å². The minimum Gasteiger partial charge on any atom is -0.508 e. The number of hydrogen-bond acceptors (Lipinski definition) is 4. The van der Waals surface area contributed by atoms with E-state index in [1.165, 1.54) is 0 Å². The third-order valence-corrected chi connectivity index (χ3v) is 5.32. The molecule has 1 saturated carbocycles. The first-order chi connectivity index (χ1) is 11.1. The van der Waals surface area contributed by atoms with Crippen LogP contribution in [0.3, 0.4) is 0 Å². The molecule has 2 aliphatic rings. The lowest BCUT2D eigenvalue weighted by Gasteiger charge is -2.34. The monoisotopic (exact) mass is 316 g/mol. The Hall–Kier alpha value is -1.68. The molecule has 1 N–H and O–H groups in total. The highest BCUT2D eigenvalue weighted by molar-refractivity contribution is 6.10. The Kier molecular flexibility index (Phi) is 4.81. The summed E-state index contributed by atoms with van der Waals surface area (Å²) in [4.78, 5) is 25.4.